The second-order valence-electron chi connectivity index (χ2n) is 3.13. The molecule has 5 nitrogen and oxygen atoms in total. The second kappa shape index (κ2) is 4.36. The van der Waals surface area contributed by atoms with Crippen molar-refractivity contribution in [2.45, 2.75) is 6.92 Å². The van der Waals surface area contributed by atoms with Gasteiger partial charge in [-0.1, -0.05) is 6.92 Å². The molecule has 0 fully saturated rings. The SMILES string of the molecule is CCS(C)(C)N(C)C(=N)N=C(N)N. The quantitative estimate of drug-likeness (QED) is 0.442. The number of rotatable bonds is 2. The first kappa shape index (κ1) is 12.1. The van der Waals surface area contributed by atoms with E-state index in [1.807, 2.05) is 11.4 Å². The molecule has 0 unspecified atom stereocenters. The van der Waals surface area contributed by atoms with Crippen LogP contribution in [0, 0.1) is 5.41 Å². The molecule has 0 aromatic rings. The summed E-state index contributed by atoms with van der Waals surface area (Å²) in [5, 5.41) is 7.58. The zero-order chi connectivity index (χ0) is 10.6. The fraction of sp³-hybridized carbons (Fsp3) is 0.714. The third-order valence-electron chi connectivity index (χ3n) is 1.98. The molecular weight excluding hydrogens is 186 g/mol. The summed E-state index contributed by atoms with van der Waals surface area (Å²) in [6.07, 6.45) is 4.23. The number of nitrogens with zero attached hydrogens (tertiary/aromatic N) is 2. The fourth-order valence-corrected chi connectivity index (χ4v) is 1.52. The lowest BCUT2D eigenvalue weighted by atomic mass is 10.9. The molecule has 5 N–H and O–H groups in total. The summed E-state index contributed by atoms with van der Waals surface area (Å²) in [6.45, 7) is 2.09. The molecule has 0 atom stereocenters. The molecule has 0 bridgehead atoms. The lowest BCUT2D eigenvalue weighted by Gasteiger charge is -2.40. The van der Waals surface area contributed by atoms with Crippen molar-refractivity contribution < 1.29 is 0 Å². The van der Waals surface area contributed by atoms with E-state index >= 15 is 0 Å². The van der Waals surface area contributed by atoms with Gasteiger partial charge in [-0.3, -0.25) is 5.41 Å². The van der Waals surface area contributed by atoms with Crippen molar-refractivity contribution in [2.75, 3.05) is 25.3 Å². The first-order valence-corrected chi connectivity index (χ1v) is 6.52. The van der Waals surface area contributed by atoms with E-state index in [0.29, 0.717) is 0 Å². The van der Waals surface area contributed by atoms with E-state index in [2.05, 4.69) is 24.4 Å². The maximum absolute atomic E-state index is 7.58. The first-order chi connectivity index (χ1) is 5.81. The lowest BCUT2D eigenvalue weighted by molar-refractivity contribution is 0.798. The summed E-state index contributed by atoms with van der Waals surface area (Å²) in [5.41, 5.74) is 10.4. The molecule has 0 spiro atoms. The predicted molar refractivity (Wildman–Crippen MR) is 61.3 cm³/mol. The van der Waals surface area contributed by atoms with Crippen LogP contribution >= 0.6 is 10.2 Å². The van der Waals surface area contributed by atoms with Gasteiger partial charge in [-0.25, -0.2) is 0 Å². The van der Waals surface area contributed by atoms with E-state index in [1.165, 1.54) is 0 Å². The second-order valence-corrected chi connectivity index (χ2v) is 7.21. The van der Waals surface area contributed by atoms with Gasteiger partial charge in [-0.2, -0.15) is 15.2 Å². The Labute approximate surface area is 81.1 Å². The van der Waals surface area contributed by atoms with Gasteiger partial charge in [-0.05, 0) is 18.3 Å². The van der Waals surface area contributed by atoms with Gasteiger partial charge < -0.3 is 15.8 Å². The van der Waals surface area contributed by atoms with Crippen LogP contribution in [-0.2, 0) is 0 Å². The average molecular weight is 205 g/mol. The molecule has 13 heavy (non-hydrogen) atoms. The average Bonchev–Trinajstić information content (AvgIpc) is 2.01. The monoisotopic (exact) mass is 205 g/mol. The molecule has 6 heteroatoms. The maximum Gasteiger partial charge on any atom is 0.229 e. The molecule has 0 saturated carbocycles. The van der Waals surface area contributed by atoms with Crippen LogP contribution in [0.2, 0.25) is 0 Å². The minimum absolute atomic E-state index is 0.0665. The molecule has 0 heterocycles. The summed E-state index contributed by atoms with van der Waals surface area (Å²) >= 11 is 0. The van der Waals surface area contributed by atoms with Crippen molar-refractivity contribution in [3.05, 3.63) is 0 Å². The molecule has 0 radical (unpaired) electrons. The smallest absolute Gasteiger partial charge is 0.229 e. The van der Waals surface area contributed by atoms with Crippen LogP contribution < -0.4 is 11.5 Å². The number of hydrogen-bond acceptors (Lipinski definition) is 1. The summed E-state index contributed by atoms with van der Waals surface area (Å²) in [5.74, 6) is 1.07. The molecule has 0 saturated heterocycles. The molecule has 0 aromatic carbocycles. The van der Waals surface area contributed by atoms with E-state index in [0.717, 1.165) is 5.75 Å². The third kappa shape index (κ3) is 3.54. The van der Waals surface area contributed by atoms with Gasteiger partial charge in [0.25, 0.3) is 0 Å². The highest BCUT2D eigenvalue weighted by molar-refractivity contribution is 8.31. The largest absolute Gasteiger partial charge is 0.370 e. The van der Waals surface area contributed by atoms with Gasteiger partial charge >= 0.3 is 0 Å². The van der Waals surface area contributed by atoms with Crippen LogP contribution in [0.4, 0.5) is 0 Å². The van der Waals surface area contributed by atoms with Crippen molar-refractivity contribution >= 4 is 22.1 Å². The Bertz CT molecular complexity index is 219. The van der Waals surface area contributed by atoms with Crippen LogP contribution in [0.5, 0.6) is 0 Å². The molecule has 0 rings (SSSR count). The molecule has 0 aliphatic carbocycles. The Morgan fingerprint density at radius 2 is 1.92 bits per heavy atom. The van der Waals surface area contributed by atoms with Crippen molar-refractivity contribution in [3.8, 4) is 0 Å². The number of hydrogen-bond donors (Lipinski definition) is 3. The van der Waals surface area contributed by atoms with Gasteiger partial charge in [-0.15, -0.1) is 0 Å². The standard InChI is InChI=1S/C7H19N5S/c1-5-13(3,4)12(2)7(10)11-6(8)9/h5H2,1-4H3,(H5,8,9,10,11). The van der Waals surface area contributed by atoms with E-state index in [-0.39, 0.29) is 11.9 Å². The zero-order valence-electron chi connectivity index (χ0n) is 8.66. The van der Waals surface area contributed by atoms with Crippen molar-refractivity contribution in [1.82, 2.24) is 4.31 Å². The number of nitrogens with one attached hydrogen (secondary N) is 1. The summed E-state index contributed by atoms with van der Waals surface area (Å²) in [6, 6.07) is 0. The van der Waals surface area contributed by atoms with E-state index < -0.39 is 10.2 Å². The van der Waals surface area contributed by atoms with Gasteiger partial charge in [0.2, 0.25) is 5.96 Å². The lowest BCUT2D eigenvalue weighted by Crippen LogP contribution is -2.32. The minimum atomic E-state index is -0.952. The molecule has 0 amide bonds. The van der Waals surface area contributed by atoms with E-state index in [9.17, 15) is 0 Å². The Morgan fingerprint density at radius 3 is 2.23 bits per heavy atom. The third-order valence-corrected chi connectivity index (χ3v) is 5.05. The Morgan fingerprint density at radius 1 is 1.46 bits per heavy atom. The summed E-state index contributed by atoms with van der Waals surface area (Å²) < 4.78 is 1.83. The number of aliphatic imine (C=N–C) groups is 1. The fourth-order valence-electron chi connectivity index (χ4n) is 0.620. The highest BCUT2D eigenvalue weighted by Gasteiger charge is 2.17. The van der Waals surface area contributed by atoms with Crippen LogP contribution in [0.15, 0.2) is 4.99 Å². The van der Waals surface area contributed by atoms with Crippen molar-refractivity contribution in [2.24, 2.45) is 16.5 Å². The van der Waals surface area contributed by atoms with Crippen LogP contribution in [-0.4, -0.2) is 41.5 Å². The molecule has 0 aliphatic heterocycles. The van der Waals surface area contributed by atoms with Crippen molar-refractivity contribution in [1.29, 1.82) is 5.41 Å². The van der Waals surface area contributed by atoms with Gasteiger partial charge in [0.05, 0.1) is 0 Å². The Kier molecular flexibility index (Phi) is 4.06. The van der Waals surface area contributed by atoms with Gasteiger partial charge in [0, 0.05) is 7.05 Å². The van der Waals surface area contributed by atoms with Gasteiger partial charge in [0.1, 0.15) is 0 Å². The zero-order valence-corrected chi connectivity index (χ0v) is 9.48. The molecule has 0 aromatic heterocycles. The normalized spacial score (nSPS) is 12.0. The summed E-state index contributed by atoms with van der Waals surface area (Å²) in [4.78, 5) is 3.69. The highest BCUT2D eigenvalue weighted by Crippen LogP contribution is 2.42. The topological polar surface area (TPSA) is 91.5 Å². The van der Waals surface area contributed by atoms with Gasteiger partial charge in [0.15, 0.2) is 5.96 Å². The molecular formula is C7H19N5S. The van der Waals surface area contributed by atoms with E-state index in [4.69, 9.17) is 16.9 Å². The number of nitrogens with two attached hydrogens (primary N) is 2. The first-order valence-electron chi connectivity index (χ1n) is 3.94. The number of guanidine groups is 2. The van der Waals surface area contributed by atoms with E-state index in [1.54, 1.807) is 0 Å². The predicted octanol–water partition coefficient (Wildman–Crippen LogP) is 0.125. The Balaban J connectivity index is 4.52. The Hall–Kier alpha value is -0.910. The van der Waals surface area contributed by atoms with Crippen LogP contribution in [0.25, 0.3) is 0 Å². The van der Waals surface area contributed by atoms with Crippen molar-refractivity contribution in [3.63, 3.8) is 0 Å². The maximum atomic E-state index is 7.58. The van der Waals surface area contributed by atoms with Crippen LogP contribution in [0.1, 0.15) is 6.92 Å². The molecule has 0 aliphatic rings. The minimum Gasteiger partial charge on any atom is -0.370 e. The molecule has 78 valence electrons. The van der Waals surface area contributed by atoms with Crippen LogP contribution in [0.3, 0.4) is 0 Å². The summed E-state index contributed by atoms with van der Waals surface area (Å²) in [7, 11) is 0.888. The highest BCUT2D eigenvalue weighted by atomic mass is 32.3.